The number of carbonyl (C=O) groups is 1. The number of hydrogen-bond donors (Lipinski definition) is 2. The maximum atomic E-state index is 11.9. The Labute approximate surface area is 126 Å². The fraction of sp³-hybridized carbons (Fsp3) is 0.562. The van der Waals surface area contributed by atoms with Crippen LogP contribution in [0.4, 0.5) is 11.4 Å². The summed E-state index contributed by atoms with van der Waals surface area (Å²) in [5.41, 5.74) is 7.12. The summed E-state index contributed by atoms with van der Waals surface area (Å²) in [5, 5.41) is 2.90. The Hall–Kier alpha value is -1.59. The molecule has 5 heteroatoms. The van der Waals surface area contributed by atoms with Crippen LogP contribution in [0.5, 0.6) is 0 Å². The van der Waals surface area contributed by atoms with Crippen LogP contribution in [-0.4, -0.2) is 44.2 Å². The highest BCUT2D eigenvalue weighted by atomic mass is 16.5. The summed E-state index contributed by atoms with van der Waals surface area (Å²) in [5.74, 6) is 0.730. The number of nitrogen functional groups attached to an aromatic ring is 1. The molecule has 2 rings (SSSR count). The minimum atomic E-state index is 0.0544. The number of hydrogen-bond acceptors (Lipinski definition) is 4. The molecule has 5 nitrogen and oxygen atoms in total. The standard InChI is InChI=1S/C16H25N3O2/c1-21-12-13-6-9-19(10-7-13)11-8-16(20)18-15-4-2-14(17)3-5-15/h2-5,13H,6-12,17H2,1H3,(H,18,20). The topological polar surface area (TPSA) is 67.6 Å². The van der Waals surface area contributed by atoms with Gasteiger partial charge in [-0.3, -0.25) is 4.79 Å². The number of ether oxygens (including phenoxy) is 1. The third kappa shape index (κ3) is 5.36. The SMILES string of the molecule is COCC1CCN(CCC(=O)Nc2ccc(N)cc2)CC1. The highest BCUT2D eigenvalue weighted by Crippen LogP contribution is 2.17. The van der Waals surface area contributed by atoms with Crippen molar-refractivity contribution in [1.29, 1.82) is 0 Å². The summed E-state index contributed by atoms with van der Waals surface area (Å²) in [4.78, 5) is 14.3. The van der Waals surface area contributed by atoms with Crippen molar-refractivity contribution in [2.75, 3.05) is 44.4 Å². The first-order chi connectivity index (χ1) is 10.2. The van der Waals surface area contributed by atoms with E-state index in [1.54, 1.807) is 19.2 Å². The van der Waals surface area contributed by atoms with Gasteiger partial charge >= 0.3 is 0 Å². The van der Waals surface area contributed by atoms with Crippen LogP contribution in [0.1, 0.15) is 19.3 Å². The lowest BCUT2D eigenvalue weighted by atomic mass is 9.98. The van der Waals surface area contributed by atoms with Crippen molar-refractivity contribution in [1.82, 2.24) is 4.90 Å². The van der Waals surface area contributed by atoms with Gasteiger partial charge in [0.2, 0.25) is 5.91 Å². The average molecular weight is 291 g/mol. The molecule has 1 saturated heterocycles. The largest absolute Gasteiger partial charge is 0.399 e. The van der Waals surface area contributed by atoms with Crippen LogP contribution in [0.25, 0.3) is 0 Å². The zero-order valence-electron chi connectivity index (χ0n) is 12.7. The molecule has 1 fully saturated rings. The number of methoxy groups -OCH3 is 1. The fourth-order valence-corrected chi connectivity index (χ4v) is 2.66. The second kappa shape index (κ2) is 8.00. The molecule has 0 unspecified atom stereocenters. The van der Waals surface area contributed by atoms with Gasteiger partial charge in [-0.05, 0) is 56.1 Å². The Balaban J connectivity index is 1.66. The van der Waals surface area contributed by atoms with Crippen LogP contribution >= 0.6 is 0 Å². The van der Waals surface area contributed by atoms with E-state index in [4.69, 9.17) is 10.5 Å². The third-order valence-corrected chi connectivity index (χ3v) is 3.96. The van der Waals surface area contributed by atoms with Crippen LogP contribution < -0.4 is 11.1 Å². The summed E-state index contributed by atoms with van der Waals surface area (Å²) in [6.07, 6.45) is 2.85. The lowest BCUT2D eigenvalue weighted by Crippen LogP contribution is -2.36. The van der Waals surface area contributed by atoms with Gasteiger partial charge in [-0.1, -0.05) is 0 Å². The minimum Gasteiger partial charge on any atom is -0.399 e. The summed E-state index contributed by atoms with van der Waals surface area (Å²) in [7, 11) is 1.76. The molecule has 21 heavy (non-hydrogen) atoms. The molecular weight excluding hydrogens is 266 g/mol. The predicted molar refractivity (Wildman–Crippen MR) is 85.1 cm³/mol. The number of amides is 1. The number of nitrogens with two attached hydrogens (primary N) is 1. The van der Waals surface area contributed by atoms with E-state index in [0.29, 0.717) is 18.0 Å². The van der Waals surface area contributed by atoms with Gasteiger partial charge in [-0.15, -0.1) is 0 Å². The van der Waals surface area contributed by atoms with Crippen LogP contribution in [0.2, 0.25) is 0 Å². The van der Waals surface area contributed by atoms with Gasteiger partial charge in [0.1, 0.15) is 0 Å². The smallest absolute Gasteiger partial charge is 0.225 e. The number of likely N-dealkylation sites (tertiary alicyclic amines) is 1. The molecular formula is C16H25N3O2. The van der Waals surface area contributed by atoms with Gasteiger partial charge in [0.25, 0.3) is 0 Å². The number of benzene rings is 1. The van der Waals surface area contributed by atoms with Crippen molar-refractivity contribution in [2.24, 2.45) is 5.92 Å². The lowest BCUT2D eigenvalue weighted by Gasteiger charge is -2.31. The number of nitrogens with one attached hydrogen (secondary N) is 1. The summed E-state index contributed by atoms with van der Waals surface area (Å²) in [6.45, 7) is 3.79. The van der Waals surface area contributed by atoms with Crippen molar-refractivity contribution in [3.63, 3.8) is 0 Å². The summed E-state index contributed by atoms with van der Waals surface area (Å²) >= 11 is 0. The van der Waals surface area contributed by atoms with E-state index in [9.17, 15) is 4.79 Å². The second-order valence-electron chi connectivity index (χ2n) is 5.66. The van der Waals surface area contributed by atoms with Gasteiger partial charge < -0.3 is 20.7 Å². The van der Waals surface area contributed by atoms with E-state index in [2.05, 4.69) is 10.2 Å². The Morgan fingerprint density at radius 2 is 2.00 bits per heavy atom. The molecule has 0 spiro atoms. The van der Waals surface area contributed by atoms with E-state index in [0.717, 1.165) is 44.8 Å². The monoisotopic (exact) mass is 291 g/mol. The molecule has 0 bridgehead atoms. The van der Waals surface area contributed by atoms with Crippen molar-refractivity contribution in [2.45, 2.75) is 19.3 Å². The van der Waals surface area contributed by atoms with E-state index < -0.39 is 0 Å². The van der Waals surface area contributed by atoms with E-state index >= 15 is 0 Å². The van der Waals surface area contributed by atoms with E-state index in [1.807, 2.05) is 12.1 Å². The van der Waals surface area contributed by atoms with Crippen molar-refractivity contribution in [3.8, 4) is 0 Å². The number of piperidine rings is 1. The van der Waals surface area contributed by atoms with Gasteiger partial charge in [-0.2, -0.15) is 0 Å². The van der Waals surface area contributed by atoms with E-state index in [1.165, 1.54) is 0 Å². The highest BCUT2D eigenvalue weighted by Gasteiger charge is 2.19. The normalized spacial score (nSPS) is 16.8. The summed E-state index contributed by atoms with van der Waals surface area (Å²) in [6, 6.07) is 7.22. The zero-order valence-corrected chi connectivity index (χ0v) is 12.7. The Morgan fingerprint density at radius 1 is 1.33 bits per heavy atom. The van der Waals surface area contributed by atoms with Gasteiger partial charge in [0.05, 0.1) is 0 Å². The molecule has 0 radical (unpaired) electrons. The number of nitrogens with zero attached hydrogens (tertiary/aromatic N) is 1. The Kier molecular flexibility index (Phi) is 6.02. The zero-order chi connectivity index (χ0) is 15.1. The predicted octanol–water partition coefficient (Wildman–Crippen LogP) is 1.96. The maximum Gasteiger partial charge on any atom is 0.225 e. The van der Waals surface area contributed by atoms with Crippen LogP contribution in [-0.2, 0) is 9.53 Å². The second-order valence-corrected chi connectivity index (χ2v) is 5.66. The number of carbonyl (C=O) groups excluding carboxylic acids is 1. The Morgan fingerprint density at radius 3 is 2.62 bits per heavy atom. The molecule has 0 atom stereocenters. The van der Waals surface area contributed by atoms with Crippen molar-refractivity contribution in [3.05, 3.63) is 24.3 Å². The molecule has 1 aliphatic heterocycles. The molecule has 0 saturated carbocycles. The molecule has 1 heterocycles. The maximum absolute atomic E-state index is 11.9. The molecule has 0 aliphatic carbocycles. The van der Waals surface area contributed by atoms with Crippen LogP contribution in [0.15, 0.2) is 24.3 Å². The molecule has 1 amide bonds. The van der Waals surface area contributed by atoms with Crippen LogP contribution in [0, 0.1) is 5.92 Å². The number of rotatable bonds is 6. The quantitative estimate of drug-likeness (QED) is 0.786. The molecule has 0 aromatic heterocycles. The molecule has 1 aliphatic rings. The van der Waals surface area contributed by atoms with Gasteiger partial charge in [0.15, 0.2) is 0 Å². The first-order valence-corrected chi connectivity index (χ1v) is 7.54. The minimum absolute atomic E-state index is 0.0544. The average Bonchev–Trinajstić information content (AvgIpc) is 2.49. The molecule has 116 valence electrons. The third-order valence-electron chi connectivity index (χ3n) is 3.96. The highest BCUT2D eigenvalue weighted by molar-refractivity contribution is 5.90. The van der Waals surface area contributed by atoms with E-state index in [-0.39, 0.29) is 5.91 Å². The first-order valence-electron chi connectivity index (χ1n) is 7.54. The first kappa shape index (κ1) is 15.8. The lowest BCUT2D eigenvalue weighted by molar-refractivity contribution is -0.116. The fourth-order valence-electron chi connectivity index (χ4n) is 2.66. The van der Waals surface area contributed by atoms with Gasteiger partial charge in [-0.25, -0.2) is 0 Å². The van der Waals surface area contributed by atoms with Crippen molar-refractivity contribution >= 4 is 17.3 Å². The summed E-state index contributed by atoms with van der Waals surface area (Å²) < 4.78 is 5.20. The molecule has 1 aromatic carbocycles. The molecule has 3 N–H and O–H groups in total. The Bertz CT molecular complexity index is 439. The molecule has 1 aromatic rings. The number of anilines is 2. The van der Waals surface area contributed by atoms with Crippen LogP contribution in [0.3, 0.4) is 0 Å². The van der Waals surface area contributed by atoms with Crippen molar-refractivity contribution < 1.29 is 9.53 Å². The van der Waals surface area contributed by atoms with Gasteiger partial charge in [0, 0.05) is 38.1 Å².